The van der Waals surface area contributed by atoms with E-state index < -0.39 is 0 Å². The quantitative estimate of drug-likeness (QED) is 0.609. The topological polar surface area (TPSA) is 18.5 Å². The van der Waals surface area contributed by atoms with Crippen molar-refractivity contribution in [3.05, 3.63) is 29.8 Å². The zero-order valence-electron chi connectivity index (χ0n) is 10.2. The molecule has 17 heavy (non-hydrogen) atoms. The Morgan fingerprint density at radius 3 is 2.76 bits per heavy atom. The average molecular weight is 299 g/mol. The van der Waals surface area contributed by atoms with Gasteiger partial charge >= 0.3 is 0 Å². The summed E-state index contributed by atoms with van der Waals surface area (Å²) in [6.07, 6.45) is 3.81. The monoisotopic (exact) mass is 298 g/mol. The van der Waals surface area contributed by atoms with E-state index in [4.69, 9.17) is 9.47 Å². The van der Waals surface area contributed by atoms with Gasteiger partial charge in [0, 0.05) is 17.9 Å². The molecular formula is C14H19BrO2. The summed E-state index contributed by atoms with van der Waals surface area (Å²) in [5, 5.41) is 0. The van der Waals surface area contributed by atoms with Crippen LogP contribution in [0, 0.1) is 0 Å². The SMILES string of the molecule is COCCOc1ccccc1C1CCCC1Br. The molecule has 1 aromatic rings. The Kier molecular flexibility index (Phi) is 4.86. The Labute approximate surface area is 111 Å². The van der Waals surface area contributed by atoms with Crippen LogP contribution < -0.4 is 4.74 Å². The van der Waals surface area contributed by atoms with Crippen molar-refractivity contribution in [3.63, 3.8) is 0 Å². The van der Waals surface area contributed by atoms with Crippen LogP contribution in [0.5, 0.6) is 5.75 Å². The summed E-state index contributed by atoms with van der Waals surface area (Å²) >= 11 is 3.78. The van der Waals surface area contributed by atoms with Gasteiger partial charge in [0.05, 0.1) is 6.61 Å². The smallest absolute Gasteiger partial charge is 0.122 e. The van der Waals surface area contributed by atoms with Crippen molar-refractivity contribution in [2.24, 2.45) is 0 Å². The van der Waals surface area contributed by atoms with Gasteiger partial charge < -0.3 is 9.47 Å². The zero-order valence-corrected chi connectivity index (χ0v) is 11.8. The summed E-state index contributed by atoms with van der Waals surface area (Å²) in [7, 11) is 1.70. The van der Waals surface area contributed by atoms with E-state index in [9.17, 15) is 0 Å². The van der Waals surface area contributed by atoms with Crippen LogP contribution in [0.15, 0.2) is 24.3 Å². The Morgan fingerprint density at radius 1 is 1.24 bits per heavy atom. The van der Waals surface area contributed by atoms with Gasteiger partial charge in [-0.3, -0.25) is 0 Å². The molecule has 0 aliphatic heterocycles. The van der Waals surface area contributed by atoms with Gasteiger partial charge in [0.25, 0.3) is 0 Å². The summed E-state index contributed by atoms with van der Waals surface area (Å²) in [4.78, 5) is 0.592. The fourth-order valence-electron chi connectivity index (χ4n) is 2.42. The molecule has 0 N–H and O–H groups in total. The van der Waals surface area contributed by atoms with Crippen molar-refractivity contribution in [3.8, 4) is 5.75 Å². The van der Waals surface area contributed by atoms with Gasteiger partial charge in [-0.15, -0.1) is 0 Å². The maximum atomic E-state index is 5.79. The van der Waals surface area contributed by atoms with Gasteiger partial charge in [-0.05, 0) is 24.5 Å². The number of rotatable bonds is 5. The van der Waals surface area contributed by atoms with E-state index in [2.05, 4.69) is 34.1 Å². The number of alkyl halides is 1. The third-order valence-corrected chi connectivity index (χ3v) is 4.39. The lowest BCUT2D eigenvalue weighted by atomic mass is 9.97. The Morgan fingerprint density at radius 2 is 2.06 bits per heavy atom. The average Bonchev–Trinajstić information content (AvgIpc) is 2.76. The van der Waals surface area contributed by atoms with E-state index in [0.29, 0.717) is 24.0 Å². The van der Waals surface area contributed by atoms with Crippen molar-refractivity contribution in [1.82, 2.24) is 0 Å². The van der Waals surface area contributed by atoms with Crippen LogP contribution in [0.2, 0.25) is 0 Å². The number of hydrogen-bond acceptors (Lipinski definition) is 2. The minimum Gasteiger partial charge on any atom is -0.491 e. The standard InChI is InChI=1S/C14H19BrO2/c1-16-9-10-17-14-8-3-2-5-12(14)11-6-4-7-13(11)15/h2-3,5,8,11,13H,4,6-7,9-10H2,1H3. The van der Waals surface area contributed by atoms with Crippen LogP contribution in [0.1, 0.15) is 30.7 Å². The molecule has 0 spiro atoms. The third-order valence-electron chi connectivity index (χ3n) is 3.30. The van der Waals surface area contributed by atoms with Crippen LogP contribution in [0.4, 0.5) is 0 Å². The molecule has 2 atom stereocenters. The van der Waals surface area contributed by atoms with E-state index in [1.165, 1.54) is 24.8 Å². The first-order valence-electron chi connectivity index (χ1n) is 6.17. The molecule has 94 valence electrons. The van der Waals surface area contributed by atoms with E-state index in [-0.39, 0.29) is 0 Å². The van der Waals surface area contributed by atoms with Gasteiger partial charge in [0.15, 0.2) is 0 Å². The molecule has 1 aliphatic rings. The zero-order chi connectivity index (χ0) is 12.1. The molecule has 0 bridgehead atoms. The number of hydrogen-bond donors (Lipinski definition) is 0. The lowest BCUT2D eigenvalue weighted by molar-refractivity contribution is 0.145. The van der Waals surface area contributed by atoms with Crippen LogP contribution >= 0.6 is 15.9 Å². The molecule has 0 radical (unpaired) electrons. The number of methoxy groups -OCH3 is 1. The largest absolute Gasteiger partial charge is 0.491 e. The van der Waals surface area contributed by atoms with Crippen molar-refractivity contribution in [2.45, 2.75) is 30.0 Å². The van der Waals surface area contributed by atoms with Crippen molar-refractivity contribution in [1.29, 1.82) is 0 Å². The lowest BCUT2D eigenvalue weighted by Gasteiger charge is -2.18. The Hall–Kier alpha value is -0.540. The lowest BCUT2D eigenvalue weighted by Crippen LogP contribution is -2.10. The molecule has 1 fully saturated rings. The molecule has 0 amide bonds. The second-order valence-electron chi connectivity index (χ2n) is 4.43. The van der Waals surface area contributed by atoms with Crippen LogP contribution in [0.25, 0.3) is 0 Å². The van der Waals surface area contributed by atoms with Gasteiger partial charge in [-0.1, -0.05) is 40.5 Å². The fourth-order valence-corrected chi connectivity index (χ4v) is 3.29. The molecule has 2 rings (SSSR count). The van der Waals surface area contributed by atoms with Gasteiger partial charge in [-0.2, -0.15) is 0 Å². The molecule has 3 heteroatoms. The van der Waals surface area contributed by atoms with Gasteiger partial charge in [0.2, 0.25) is 0 Å². The minimum atomic E-state index is 0.591. The Balaban J connectivity index is 2.09. The van der Waals surface area contributed by atoms with Crippen LogP contribution in [-0.4, -0.2) is 25.2 Å². The molecule has 1 saturated carbocycles. The normalized spacial score (nSPS) is 23.9. The maximum Gasteiger partial charge on any atom is 0.122 e. The molecule has 2 nitrogen and oxygen atoms in total. The van der Waals surface area contributed by atoms with Crippen molar-refractivity contribution >= 4 is 15.9 Å². The molecule has 1 aliphatic carbocycles. The molecule has 0 saturated heterocycles. The van der Waals surface area contributed by atoms with Crippen molar-refractivity contribution in [2.75, 3.05) is 20.3 Å². The highest BCUT2D eigenvalue weighted by Crippen LogP contribution is 2.42. The number of halogens is 1. The highest BCUT2D eigenvalue weighted by molar-refractivity contribution is 9.09. The van der Waals surface area contributed by atoms with Crippen molar-refractivity contribution < 1.29 is 9.47 Å². The highest BCUT2D eigenvalue weighted by Gasteiger charge is 2.28. The molecular weight excluding hydrogens is 280 g/mol. The fraction of sp³-hybridized carbons (Fsp3) is 0.571. The predicted octanol–water partition coefficient (Wildman–Crippen LogP) is 3.74. The van der Waals surface area contributed by atoms with Gasteiger partial charge in [0.1, 0.15) is 12.4 Å². The summed E-state index contributed by atoms with van der Waals surface area (Å²) in [6, 6.07) is 8.37. The minimum absolute atomic E-state index is 0.591. The third kappa shape index (κ3) is 3.23. The number of para-hydroxylation sites is 1. The molecule has 2 unspecified atom stereocenters. The number of benzene rings is 1. The first-order chi connectivity index (χ1) is 8.33. The van der Waals surface area contributed by atoms with E-state index in [1.807, 2.05) is 6.07 Å². The number of ether oxygens (including phenoxy) is 2. The second kappa shape index (κ2) is 6.41. The molecule has 0 aromatic heterocycles. The summed E-state index contributed by atoms with van der Waals surface area (Å²) < 4.78 is 10.8. The summed E-state index contributed by atoms with van der Waals surface area (Å²) in [5.41, 5.74) is 1.34. The maximum absolute atomic E-state index is 5.79. The van der Waals surface area contributed by atoms with Crippen LogP contribution in [0.3, 0.4) is 0 Å². The molecule has 0 heterocycles. The van der Waals surface area contributed by atoms with Gasteiger partial charge in [-0.25, -0.2) is 0 Å². The predicted molar refractivity (Wildman–Crippen MR) is 73.1 cm³/mol. The summed E-state index contributed by atoms with van der Waals surface area (Å²) in [5.74, 6) is 1.61. The molecule has 1 aromatic carbocycles. The van der Waals surface area contributed by atoms with E-state index in [1.54, 1.807) is 7.11 Å². The van der Waals surface area contributed by atoms with E-state index in [0.717, 1.165) is 5.75 Å². The first kappa shape index (κ1) is 12.9. The first-order valence-corrected chi connectivity index (χ1v) is 7.09. The van der Waals surface area contributed by atoms with E-state index >= 15 is 0 Å². The summed E-state index contributed by atoms with van der Waals surface area (Å²) in [6.45, 7) is 1.25. The van der Waals surface area contributed by atoms with Crippen LogP contribution in [-0.2, 0) is 4.74 Å². The Bertz CT molecular complexity index is 354. The second-order valence-corrected chi connectivity index (χ2v) is 5.61. The highest BCUT2D eigenvalue weighted by atomic mass is 79.9.